The lowest BCUT2D eigenvalue weighted by Gasteiger charge is -2.46. The number of nitrogens with one attached hydrogen (secondary N) is 2. The average molecular weight is 361 g/mol. The van der Waals surface area contributed by atoms with Crippen LogP contribution in [0.3, 0.4) is 0 Å². The maximum atomic E-state index is 12.6. The molecule has 1 atom stereocenters. The highest BCUT2D eigenvalue weighted by molar-refractivity contribution is 5.81. The molecule has 1 aromatic carbocycles. The van der Waals surface area contributed by atoms with E-state index in [9.17, 15) is 4.79 Å². The van der Waals surface area contributed by atoms with Gasteiger partial charge in [0.15, 0.2) is 6.10 Å². The van der Waals surface area contributed by atoms with E-state index in [-0.39, 0.29) is 28.4 Å². The van der Waals surface area contributed by atoms with Gasteiger partial charge in [-0.05, 0) is 70.6 Å². The first kappa shape index (κ1) is 20.8. The maximum Gasteiger partial charge on any atom is 0.260 e. The molecule has 1 aromatic rings. The van der Waals surface area contributed by atoms with E-state index < -0.39 is 6.10 Å². The van der Waals surface area contributed by atoms with Gasteiger partial charge in [-0.3, -0.25) is 4.79 Å². The molecule has 0 aromatic heterocycles. The molecule has 0 saturated carbocycles. The van der Waals surface area contributed by atoms with Crippen LogP contribution in [0.2, 0.25) is 0 Å². The Morgan fingerprint density at radius 3 is 2.08 bits per heavy atom. The zero-order valence-electron chi connectivity index (χ0n) is 17.7. The van der Waals surface area contributed by atoms with Gasteiger partial charge in [-0.2, -0.15) is 0 Å². The molecule has 2 rings (SSSR count). The van der Waals surface area contributed by atoms with Crippen LogP contribution in [0.1, 0.15) is 73.8 Å². The van der Waals surface area contributed by atoms with Gasteiger partial charge in [0.2, 0.25) is 0 Å². The summed E-state index contributed by atoms with van der Waals surface area (Å²) in [6.07, 6.45) is 1.31. The maximum absolute atomic E-state index is 12.6. The van der Waals surface area contributed by atoms with Gasteiger partial charge in [0.05, 0.1) is 0 Å². The van der Waals surface area contributed by atoms with Crippen LogP contribution >= 0.6 is 0 Å². The summed E-state index contributed by atoms with van der Waals surface area (Å²) in [6.45, 7) is 17.1. The first-order valence-electron chi connectivity index (χ1n) is 9.64. The van der Waals surface area contributed by atoms with Gasteiger partial charge in [0.1, 0.15) is 5.75 Å². The Hall–Kier alpha value is -1.55. The monoisotopic (exact) mass is 360 g/mol. The summed E-state index contributed by atoms with van der Waals surface area (Å²) in [7, 11) is 0. The van der Waals surface area contributed by atoms with E-state index in [0.717, 1.165) is 18.6 Å². The van der Waals surface area contributed by atoms with Crippen molar-refractivity contribution in [3.05, 3.63) is 29.8 Å². The predicted octanol–water partition coefficient (Wildman–Crippen LogP) is 4.18. The molecule has 4 heteroatoms. The van der Waals surface area contributed by atoms with Crippen molar-refractivity contribution in [1.29, 1.82) is 0 Å². The Kier molecular flexibility index (Phi) is 5.77. The number of carbonyl (C=O) groups is 1. The summed E-state index contributed by atoms with van der Waals surface area (Å²) in [5.74, 6) is 0.676. The Bertz CT molecular complexity index is 611. The number of carbonyl (C=O) groups excluding carboxylic acids is 1. The van der Waals surface area contributed by atoms with Crippen LogP contribution in [0, 0.1) is 0 Å². The molecule has 0 aliphatic carbocycles. The second-order valence-corrected chi connectivity index (χ2v) is 10.0. The highest BCUT2D eigenvalue weighted by Gasteiger charge is 2.38. The molecular weight excluding hydrogens is 324 g/mol. The molecule has 1 aliphatic rings. The van der Waals surface area contributed by atoms with Crippen LogP contribution in [0.25, 0.3) is 0 Å². The molecule has 1 fully saturated rings. The molecular formula is C22H36N2O2. The Morgan fingerprint density at radius 1 is 1.12 bits per heavy atom. The SMILES string of the molecule is C[C@@H](Oc1ccc(C(C)(C)C)cc1)C(=O)NC1CC(C)(C)NC(C)(C)C1. The van der Waals surface area contributed by atoms with E-state index in [4.69, 9.17) is 4.74 Å². The molecule has 0 spiro atoms. The third-order valence-corrected chi connectivity index (χ3v) is 4.94. The van der Waals surface area contributed by atoms with Gasteiger partial charge in [0, 0.05) is 17.1 Å². The molecule has 1 heterocycles. The second kappa shape index (κ2) is 7.22. The van der Waals surface area contributed by atoms with Crippen molar-refractivity contribution >= 4 is 5.91 Å². The highest BCUT2D eigenvalue weighted by Crippen LogP contribution is 2.29. The third-order valence-electron chi connectivity index (χ3n) is 4.94. The minimum atomic E-state index is -0.517. The summed E-state index contributed by atoms with van der Waals surface area (Å²) in [4.78, 5) is 12.6. The number of rotatable bonds is 4. The molecule has 0 radical (unpaired) electrons. The van der Waals surface area contributed by atoms with E-state index in [1.54, 1.807) is 0 Å². The van der Waals surface area contributed by atoms with E-state index in [1.165, 1.54) is 5.56 Å². The summed E-state index contributed by atoms with van der Waals surface area (Å²) in [5, 5.41) is 6.82. The average Bonchev–Trinajstić information content (AvgIpc) is 2.43. The quantitative estimate of drug-likeness (QED) is 0.847. The van der Waals surface area contributed by atoms with Crippen LogP contribution in [-0.2, 0) is 10.2 Å². The van der Waals surface area contributed by atoms with Crippen molar-refractivity contribution in [3.8, 4) is 5.75 Å². The molecule has 146 valence electrons. The zero-order chi connectivity index (χ0) is 19.8. The molecule has 1 aliphatic heterocycles. The summed E-state index contributed by atoms with van der Waals surface area (Å²) in [6, 6.07) is 8.18. The van der Waals surface area contributed by atoms with E-state index >= 15 is 0 Å². The number of piperidine rings is 1. The standard InChI is InChI=1S/C22H36N2O2/c1-15(26-18-11-9-16(10-12-18)20(2,3)4)19(25)23-17-13-21(5,6)24-22(7,8)14-17/h9-12,15,17,24H,13-14H2,1-8H3,(H,23,25)/t15-/m1/s1. The smallest absolute Gasteiger partial charge is 0.260 e. The minimum absolute atomic E-state index is 0.00653. The van der Waals surface area contributed by atoms with Crippen molar-refractivity contribution < 1.29 is 9.53 Å². The molecule has 2 N–H and O–H groups in total. The van der Waals surface area contributed by atoms with E-state index in [2.05, 4.69) is 71.2 Å². The molecule has 26 heavy (non-hydrogen) atoms. The second-order valence-electron chi connectivity index (χ2n) is 10.0. The molecule has 0 unspecified atom stereocenters. The zero-order valence-corrected chi connectivity index (χ0v) is 17.7. The largest absolute Gasteiger partial charge is 0.481 e. The molecule has 4 nitrogen and oxygen atoms in total. The van der Waals surface area contributed by atoms with Crippen LogP contribution in [0.5, 0.6) is 5.75 Å². The van der Waals surface area contributed by atoms with Gasteiger partial charge in [0.25, 0.3) is 5.91 Å². The van der Waals surface area contributed by atoms with Gasteiger partial charge < -0.3 is 15.4 Å². The molecule has 1 amide bonds. The van der Waals surface area contributed by atoms with E-state index in [1.807, 2.05) is 19.1 Å². The number of amides is 1. The lowest BCUT2D eigenvalue weighted by atomic mass is 9.79. The van der Waals surface area contributed by atoms with Crippen molar-refractivity contribution in [3.63, 3.8) is 0 Å². The highest BCUT2D eigenvalue weighted by atomic mass is 16.5. The number of hydrogen-bond donors (Lipinski definition) is 2. The van der Waals surface area contributed by atoms with E-state index in [0.29, 0.717) is 0 Å². The topological polar surface area (TPSA) is 50.4 Å². The number of hydrogen-bond acceptors (Lipinski definition) is 3. The fraction of sp³-hybridized carbons (Fsp3) is 0.682. The van der Waals surface area contributed by atoms with Crippen LogP contribution in [0.4, 0.5) is 0 Å². The first-order valence-corrected chi connectivity index (χ1v) is 9.64. The minimum Gasteiger partial charge on any atom is -0.481 e. The molecule has 1 saturated heterocycles. The lowest BCUT2D eigenvalue weighted by Crippen LogP contribution is -2.62. The number of benzene rings is 1. The first-order chi connectivity index (χ1) is 11.8. The van der Waals surface area contributed by atoms with Crippen molar-refractivity contribution in [2.45, 2.75) is 96.9 Å². The van der Waals surface area contributed by atoms with Crippen LogP contribution in [0.15, 0.2) is 24.3 Å². The Balaban J connectivity index is 1.95. The Labute approximate surface area is 159 Å². The summed E-state index contributed by atoms with van der Waals surface area (Å²) in [5.41, 5.74) is 1.37. The van der Waals surface area contributed by atoms with Gasteiger partial charge in [-0.15, -0.1) is 0 Å². The van der Waals surface area contributed by atoms with Crippen LogP contribution < -0.4 is 15.4 Å². The van der Waals surface area contributed by atoms with Crippen molar-refractivity contribution in [2.75, 3.05) is 0 Å². The van der Waals surface area contributed by atoms with Gasteiger partial charge in [-0.1, -0.05) is 32.9 Å². The molecule has 0 bridgehead atoms. The predicted molar refractivity (Wildman–Crippen MR) is 108 cm³/mol. The summed E-state index contributed by atoms with van der Waals surface area (Å²) >= 11 is 0. The van der Waals surface area contributed by atoms with Crippen molar-refractivity contribution in [1.82, 2.24) is 10.6 Å². The fourth-order valence-corrected chi connectivity index (χ4v) is 4.03. The van der Waals surface area contributed by atoms with Gasteiger partial charge in [-0.25, -0.2) is 0 Å². The van der Waals surface area contributed by atoms with Gasteiger partial charge >= 0.3 is 0 Å². The fourth-order valence-electron chi connectivity index (χ4n) is 4.03. The lowest BCUT2D eigenvalue weighted by molar-refractivity contribution is -0.128. The van der Waals surface area contributed by atoms with Crippen LogP contribution in [-0.4, -0.2) is 29.1 Å². The normalized spacial score (nSPS) is 21.1. The Morgan fingerprint density at radius 2 is 1.62 bits per heavy atom. The number of ether oxygens (including phenoxy) is 1. The van der Waals surface area contributed by atoms with Crippen molar-refractivity contribution in [2.24, 2.45) is 0 Å². The summed E-state index contributed by atoms with van der Waals surface area (Å²) < 4.78 is 5.86. The third kappa shape index (κ3) is 5.73.